The molecule has 0 fully saturated rings. The predicted octanol–water partition coefficient (Wildman–Crippen LogP) is 2.84. The van der Waals surface area contributed by atoms with Gasteiger partial charge in [-0.3, -0.25) is 4.79 Å². The number of ketones is 1. The van der Waals surface area contributed by atoms with Gasteiger partial charge in [-0.05, 0) is 19.1 Å². The van der Waals surface area contributed by atoms with Gasteiger partial charge in [0.2, 0.25) is 0 Å². The van der Waals surface area contributed by atoms with Crippen molar-refractivity contribution < 1.29 is 4.79 Å². The SMILES string of the molecule is Cc1ccc(C(=O)CSc2n[nH]c(=O)n2-c2ccccc2)cc1. The van der Waals surface area contributed by atoms with Crippen molar-refractivity contribution in [2.45, 2.75) is 12.1 Å². The molecule has 1 heterocycles. The molecule has 0 aliphatic carbocycles. The number of para-hydroxylation sites is 1. The summed E-state index contributed by atoms with van der Waals surface area (Å²) in [7, 11) is 0. The summed E-state index contributed by atoms with van der Waals surface area (Å²) < 4.78 is 1.47. The number of H-pyrrole nitrogens is 1. The first-order chi connectivity index (χ1) is 11.1. The molecular formula is C17H15N3O2S. The molecule has 0 aliphatic rings. The second-order valence-electron chi connectivity index (χ2n) is 5.06. The number of thioether (sulfide) groups is 1. The molecule has 0 atom stereocenters. The number of aromatic nitrogens is 3. The third-order valence-corrected chi connectivity index (χ3v) is 4.30. The Bertz CT molecular complexity index is 867. The van der Waals surface area contributed by atoms with Crippen molar-refractivity contribution in [1.29, 1.82) is 0 Å². The van der Waals surface area contributed by atoms with Crippen molar-refractivity contribution in [2.24, 2.45) is 0 Å². The number of aryl methyl sites for hydroxylation is 1. The Morgan fingerprint density at radius 2 is 1.83 bits per heavy atom. The lowest BCUT2D eigenvalue weighted by molar-refractivity contribution is 0.102. The molecule has 2 aromatic carbocycles. The van der Waals surface area contributed by atoms with E-state index in [1.165, 1.54) is 16.3 Å². The molecule has 3 aromatic rings. The third-order valence-electron chi connectivity index (χ3n) is 3.36. The van der Waals surface area contributed by atoms with E-state index in [0.717, 1.165) is 11.3 Å². The molecule has 0 unspecified atom stereocenters. The van der Waals surface area contributed by atoms with Gasteiger partial charge in [-0.1, -0.05) is 59.8 Å². The number of rotatable bonds is 5. The van der Waals surface area contributed by atoms with E-state index >= 15 is 0 Å². The first-order valence-electron chi connectivity index (χ1n) is 7.10. The van der Waals surface area contributed by atoms with E-state index in [1.807, 2.05) is 61.5 Å². The van der Waals surface area contributed by atoms with Crippen molar-refractivity contribution in [3.05, 3.63) is 76.2 Å². The average Bonchev–Trinajstić information content (AvgIpc) is 2.95. The zero-order valence-corrected chi connectivity index (χ0v) is 13.3. The summed E-state index contributed by atoms with van der Waals surface area (Å²) in [6.45, 7) is 1.98. The second kappa shape index (κ2) is 6.66. The molecule has 3 rings (SSSR count). The van der Waals surface area contributed by atoms with Gasteiger partial charge in [-0.2, -0.15) is 0 Å². The maximum atomic E-state index is 12.2. The van der Waals surface area contributed by atoms with Crippen LogP contribution in [0.25, 0.3) is 5.69 Å². The summed E-state index contributed by atoms with van der Waals surface area (Å²) in [5.74, 6) is 0.227. The van der Waals surface area contributed by atoms with Crippen molar-refractivity contribution in [1.82, 2.24) is 14.8 Å². The van der Waals surface area contributed by atoms with Gasteiger partial charge in [0.15, 0.2) is 10.9 Å². The largest absolute Gasteiger partial charge is 0.348 e. The number of hydrogen-bond donors (Lipinski definition) is 1. The van der Waals surface area contributed by atoms with E-state index in [1.54, 1.807) is 0 Å². The van der Waals surface area contributed by atoms with Crippen LogP contribution in [0.4, 0.5) is 0 Å². The number of carbonyl (C=O) groups is 1. The van der Waals surface area contributed by atoms with Gasteiger partial charge in [0, 0.05) is 5.56 Å². The van der Waals surface area contributed by atoms with Crippen LogP contribution in [0.3, 0.4) is 0 Å². The fourth-order valence-electron chi connectivity index (χ4n) is 2.14. The van der Waals surface area contributed by atoms with E-state index in [4.69, 9.17) is 0 Å². The van der Waals surface area contributed by atoms with Gasteiger partial charge < -0.3 is 0 Å². The Labute approximate surface area is 137 Å². The van der Waals surface area contributed by atoms with Crippen molar-refractivity contribution in [3.63, 3.8) is 0 Å². The van der Waals surface area contributed by atoms with E-state index in [-0.39, 0.29) is 17.2 Å². The maximum Gasteiger partial charge on any atom is 0.348 e. The summed E-state index contributed by atoms with van der Waals surface area (Å²) in [5, 5.41) is 6.91. The fraction of sp³-hybridized carbons (Fsp3) is 0.118. The lowest BCUT2D eigenvalue weighted by Crippen LogP contribution is -2.15. The second-order valence-corrected chi connectivity index (χ2v) is 6.00. The summed E-state index contributed by atoms with van der Waals surface area (Å²) >= 11 is 1.24. The molecule has 0 saturated heterocycles. The van der Waals surface area contributed by atoms with E-state index in [9.17, 15) is 9.59 Å². The smallest absolute Gasteiger partial charge is 0.293 e. The summed E-state index contributed by atoms with van der Waals surface area (Å²) in [6.07, 6.45) is 0. The minimum atomic E-state index is -0.318. The van der Waals surface area contributed by atoms with Gasteiger partial charge in [-0.15, -0.1) is 5.10 Å². The molecule has 1 aromatic heterocycles. The molecule has 5 nitrogen and oxygen atoms in total. The minimum absolute atomic E-state index is 0.00469. The van der Waals surface area contributed by atoms with Crippen molar-refractivity contribution in [2.75, 3.05) is 5.75 Å². The Morgan fingerprint density at radius 1 is 1.13 bits per heavy atom. The van der Waals surface area contributed by atoms with Gasteiger partial charge in [-0.25, -0.2) is 14.5 Å². The monoisotopic (exact) mass is 325 g/mol. The summed E-state index contributed by atoms with van der Waals surface area (Å²) in [6, 6.07) is 16.7. The highest BCUT2D eigenvalue weighted by atomic mass is 32.2. The molecule has 6 heteroatoms. The fourth-order valence-corrected chi connectivity index (χ4v) is 2.99. The summed E-state index contributed by atoms with van der Waals surface area (Å²) in [4.78, 5) is 24.2. The first kappa shape index (κ1) is 15.3. The normalized spacial score (nSPS) is 10.7. The lowest BCUT2D eigenvalue weighted by atomic mass is 10.1. The molecule has 0 amide bonds. The van der Waals surface area contributed by atoms with Crippen LogP contribution in [0, 0.1) is 6.92 Å². The number of benzene rings is 2. The summed E-state index contributed by atoms with van der Waals surface area (Å²) in [5.41, 5.74) is 2.17. The van der Waals surface area contributed by atoms with Crippen LogP contribution < -0.4 is 5.69 Å². The lowest BCUT2D eigenvalue weighted by Gasteiger charge is -2.05. The van der Waals surface area contributed by atoms with Crippen molar-refractivity contribution in [3.8, 4) is 5.69 Å². The Kier molecular flexibility index (Phi) is 4.43. The van der Waals surface area contributed by atoms with E-state index in [0.29, 0.717) is 10.7 Å². The molecule has 0 aliphatic heterocycles. The molecule has 116 valence electrons. The highest BCUT2D eigenvalue weighted by Crippen LogP contribution is 2.19. The molecule has 1 N–H and O–H groups in total. The number of Topliss-reactive ketones (excluding diaryl/α,β-unsaturated/α-hetero) is 1. The van der Waals surface area contributed by atoms with E-state index < -0.39 is 0 Å². The van der Waals surface area contributed by atoms with Crippen molar-refractivity contribution >= 4 is 17.5 Å². The van der Waals surface area contributed by atoms with Crippen LogP contribution in [-0.2, 0) is 0 Å². The number of carbonyl (C=O) groups excluding carboxylic acids is 1. The van der Waals surface area contributed by atoms with Crippen LogP contribution in [0.1, 0.15) is 15.9 Å². The average molecular weight is 325 g/mol. The molecule has 0 radical (unpaired) electrons. The number of nitrogens with one attached hydrogen (secondary N) is 1. The third kappa shape index (κ3) is 3.43. The van der Waals surface area contributed by atoms with Gasteiger partial charge in [0.05, 0.1) is 11.4 Å². The van der Waals surface area contributed by atoms with Gasteiger partial charge >= 0.3 is 5.69 Å². The molecular weight excluding hydrogens is 310 g/mol. The number of hydrogen-bond acceptors (Lipinski definition) is 4. The van der Waals surface area contributed by atoms with E-state index in [2.05, 4.69) is 10.2 Å². The first-order valence-corrected chi connectivity index (χ1v) is 8.09. The zero-order valence-electron chi connectivity index (χ0n) is 12.5. The quantitative estimate of drug-likeness (QED) is 0.578. The molecule has 0 spiro atoms. The Morgan fingerprint density at radius 3 is 2.52 bits per heavy atom. The highest BCUT2D eigenvalue weighted by molar-refractivity contribution is 7.99. The zero-order chi connectivity index (χ0) is 16.2. The van der Waals surface area contributed by atoms with Crippen LogP contribution in [0.2, 0.25) is 0 Å². The molecule has 0 saturated carbocycles. The van der Waals surface area contributed by atoms with Crippen LogP contribution in [-0.4, -0.2) is 26.3 Å². The molecule has 0 bridgehead atoms. The van der Waals surface area contributed by atoms with Gasteiger partial charge in [0.1, 0.15) is 0 Å². The molecule has 23 heavy (non-hydrogen) atoms. The van der Waals surface area contributed by atoms with Crippen LogP contribution in [0.15, 0.2) is 64.5 Å². The number of nitrogens with zero attached hydrogens (tertiary/aromatic N) is 2. The minimum Gasteiger partial charge on any atom is -0.293 e. The highest BCUT2D eigenvalue weighted by Gasteiger charge is 2.13. The maximum absolute atomic E-state index is 12.2. The Hall–Kier alpha value is -2.60. The standard InChI is InChI=1S/C17H15N3O2S/c1-12-7-9-13(10-8-12)15(21)11-23-17-19-18-16(22)20(17)14-5-3-2-4-6-14/h2-10H,11H2,1H3,(H,18,22). The Balaban J connectivity index is 1.78. The van der Waals surface area contributed by atoms with Gasteiger partial charge in [0.25, 0.3) is 0 Å². The van der Waals surface area contributed by atoms with Crippen LogP contribution >= 0.6 is 11.8 Å². The topological polar surface area (TPSA) is 67.8 Å². The van der Waals surface area contributed by atoms with Crippen LogP contribution in [0.5, 0.6) is 0 Å². The number of aromatic amines is 1. The predicted molar refractivity (Wildman–Crippen MR) is 90.4 cm³/mol.